The molecule has 0 heterocycles. The third-order valence-corrected chi connectivity index (χ3v) is 2.36. The summed E-state index contributed by atoms with van der Waals surface area (Å²) in [5.41, 5.74) is 1.01. The van der Waals surface area contributed by atoms with Gasteiger partial charge in [0.1, 0.15) is 5.83 Å². The second kappa shape index (κ2) is 2.50. The van der Waals surface area contributed by atoms with Crippen LogP contribution in [0.15, 0.2) is 23.6 Å². The summed E-state index contributed by atoms with van der Waals surface area (Å²) in [5.74, 6) is -0.0764. The van der Waals surface area contributed by atoms with Gasteiger partial charge in [0.25, 0.3) is 0 Å². The van der Waals surface area contributed by atoms with Gasteiger partial charge in [-0.25, -0.2) is 4.39 Å². The molecular formula is C8H10BrF. The monoisotopic (exact) mass is 204 g/mol. The predicted molar refractivity (Wildman–Crippen MR) is 44.9 cm³/mol. The quantitative estimate of drug-likeness (QED) is 0.532. The van der Waals surface area contributed by atoms with Crippen molar-refractivity contribution >= 4 is 15.9 Å². The van der Waals surface area contributed by atoms with Gasteiger partial charge < -0.3 is 0 Å². The van der Waals surface area contributed by atoms with Crippen LogP contribution in [0.5, 0.6) is 0 Å². The highest BCUT2D eigenvalue weighted by molar-refractivity contribution is 9.10. The maximum Gasteiger partial charge on any atom is 0.117 e. The smallest absolute Gasteiger partial charge is 0.117 e. The average Bonchev–Trinajstić information content (AvgIpc) is 1.81. The summed E-state index contributed by atoms with van der Waals surface area (Å²) < 4.78 is 12.5. The molecule has 56 valence electrons. The third-order valence-electron chi connectivity index (χ3n) is 1.66. The van der Waals surface area contributed by atoms with E-state index >= 15 is 0 Å². The summed E-state index contributed by atoms with van der Waals surface area (Å²) in [7, 11) is 0. The van der Waals surface area contributed by atoms with Gasteiger partial charge in [-0.15, -0.1) is 0 Å². The molecule has 0 bridgehead atoms. The molecule has 1 rings (SSSR count). The summed E-state index contributed by atoms with van der Waals surface area (Å²) in [6, 6.07) is 0. The van der Waals surface area contributed by atoms with E-state index in [1.165, 1.54) is 0 Å². The molecule has 2 heteroatoms. The lowest BCUT2D eigenvalue weighted by Gasteiger charge is -2.22. The van der Waals surface area contributed by atoms with E-state index in [0.717, 1.165) is 12.0 Å². The highest BCUT2D eigenvalue weighted by Gasteiger charge is 2.27. The molecule has 0 spiro atoms. The van der Waals surface area contributed by atoms with Crippen LogP contribution in [0.25, 0.3) is 0 Å². The van der Waals surface area contributed by atoms with Gasteiger partial charge in [0.15, 0.2) is 0 Å². The van der Waals surface area contributed by atoms with Crippen molar-refractivity contribution in [3.8, 4) is 0 Å². The molecule has 0 saturated carbocycles. The molecule has 0 aromatic rings. The Morgan fingerprint density at radius 2 is 2.30 bits per heavy atom. The maximum absolute atomic E-state index is 13.0. The van der Waals surface area contributed by atoms with Gasteiger partial charge in [0.2, 0.25) is 0 Å². The molecule has 0 N–H and O–H groups in total. The largest absolute Gasteiger partial charge is 0.210 e. The first kappa shape index (κ1) is 7.99. The van der Waals surface area contributed by atoms with E-state index in [9.17, 15) is 4.39 Å². The highest BCUT2D eigenvalue weighted by Crippen LogP contribution is 2.36. The third kappa shape index (κ3) is 1.48. The van der Waals surface area contributed by atoms with E-state index in [0.29, 0.717) is 0 Å². The van der Waals surface area contributed by atoms with Crippen molar-refractivity contribution in [2.75, 3.05) is 0 Å². The van der Waals surface area contributed by atoms with Gasteiger partial charge in [-0.3, -0.25) is 0 Å². The Morgan fingerprint density at radius 3 is 2.70 bits per heavy atom. The molecule has 0 amide bonds. The van der Waals surface area contributed by atoms with Crippen molar-refractivity contribution in [1.29, 1.82) is 0 Å². The molecule has 0 fully saturated rings. The zero-order chi connectivity index (χ0) is 7.78. The van der Waals surface area contributed by atoms with Gasteiger partial charge in [-0.05, 0) is 26.3 Å². The minimum Gasteiger partial charge on any atom is -0.210 e. The first-order chi connectivity index (χ1) is 4.52. The van der Waals surface area contributed by atoms with Crippen molar-refractivity contribution in [2.24, 2.45) is 0 Å². The van der Waals surface area contributed by atoms with Crippen molar-refractivity contribution in [3.05, 3.63) is 23.6 Å². The molecule has 1 atom stereocenters. The fraction of sp³-hybridized carbons (Fsp3) is 0.500. The van der Waals surface area contributed by atoms with Gasteiger partial charge >= 0.3 is 0 Å². The summed E-state index contributed by atoms with van der Waals surface area (Å²) in [6.45, 7) is 3.74. The van der Waals surface area contributed by atoms with Crippen molar-refractivity contribution < 1.29 is 4.39 Å². The topological polar surface area (TPSA) is 0 Å². The molecule has 1 aliphatic carbocycles. The van der Waals surface area contributed by atoms with Gasteiger partial charge in [0.05, 0.1) is 4.32 Å². The van der Waals surface area contributed by atoms with Gasteiger partial charge in [0, 0.05) is 0 Å². The van der Waals surface area contributed by atoms with Crippen LogP contribution in [0.3, 0.4) is 0 Å². The van der Waals surface area contributed by atoms with Crippen LogP contribution in [0.2, 0.25) is 0 Å². The highest BCUT2D eigenvalue weighted by atomic mass is 79.9. The number of hydrogen-bond donors (Lipinski definition) is 0. The lowest BCUT2D eigenvalue weighted by Crippen LogP contribution is -2.17. The minimum atomic E-state index is -0.452. The first-order valence-corrected chi connectivity index (χ1v) is 4.05. The first-order valence-electron chi connectivity index (χ1n) is 3.26. The molecule has 0 aromatic heterocycles. The Hall–Kier alpha value is -0.110. The summed E-state index contributed by atoms with van der Waals surface area (Å²) in [4.78, 5) is 0. The Labute approximate surface area is 68.9 Å². The normalized spacial score (nSPS) is 33.2. The van der Waals surface area contributed by atoms with Gasteiger partial charge in [-0.1, -0.05) is 27.6 Å². The Morgan fingerprint density at radius 1 is 1.70 bits per heavy atom. The second-order valence-electron chi connectivity index (χ2n) is 2.84. The standard InChI is InChI=1S/C8H10BrF/c1-6-3-4-8(2,9)7(10)5-6/h3,5H,4H2,1-2H3. The lowest BCUT2D eigenvalue weighted by molar-refractivity contribution is 0.526. The van der Waals surface area contributed by atoms with Crippen LogP contribution >= 0.6 is 15.9 Å². The Balaban J connectivity index is 2.88. The Bertz CT molecular complexity index is 201. The molecule has 0 saturated heterocycles. The number of hydrogen-bond acceptors (Lipinski definition) is 0. The van der Waals surface area contributed by atoms with Crippen LogP contribution in [-0.2, 0) is 0 Å². The predicted octanol–water partition coefficient (Wildman–Crippen LogP) is 3.34. The van der Waals surface area contributed by atoms with Crippen LogP contribution in [0.1, 0.15) is 20.3 Å². The summed E-state index contributed by atoms with van der Waals surface area (Å²) in [5, 5.41) is 0. The van der Waals surface area contributed by atoms with E-state index in [4.69, 9.17) is 0 Å². The number of halogens is 2. The van der Waals surface area contributed by atoms with E-state index in [1.807, 2.05) is 19.9 Å². The van der Waals surface area contributed by atoms with Crippen LogP contribution < -0.4 is 0 Å². The molecule has 0 aliphatic heterocycles. The van der Waals surface area contributed by atoms with Crippen molar-refractivity contribution in [2.45, 2.75) is 24.6 Å². The van der Waals surface area contributed by atoms with Crippen LogP contribution in [-0.4, -0.2) is 4.32 Å². The second-order valence-corrected chi connectivity index (χ2v) is 4.59. The van der Waals surface area contributed by atoms with E-state index in [-0.39, 0.29) is 5.83 Å². The van der Waals surface area contributed by atoms with Crippen molar-refractivity contribution in [3.63, 3.8) is 0 Å². The van der Waals surface area contributed by atoms with E-state index in [2.05, 4.69) is 15.9 Å². The zero-order valence-electron chi connectivity index (χ0n) is 6.12. The minimum absolute atomic E-state index is 0.0764. The van der Waals surface area contributed by atoms with Crippen LogP contribution in [0, 0.1) is 0 Å². The average molecular weight is 205 g/mol. The molecule has 1 unspecified atom stereocenters. The molecule has 0 aromatic carbocycles. The van der Waals surface area contributed by atoms with Gasteiger partial charge in [-0.2, -0.15) is 0 Å². The number of alkyl halides is 1. The molecule has 0 nitrogen and oxygen atoms in total. The zero-order valence-corrected chi connectivity index (χ0v) is 7.70. The SMILES string of the molecule is CC1=CCC(C)(Br)C(F)=C1. The maximum atomic E-state index is 13.0. The van der Waals surface area contributed by atoms with E-state index in [1.54, 1.807) is 6.08 Å². The molecule has 0 radical (unpaired) electrons. The fourth-order valence-electron chi connectivity index (χ4n) is 0.859. The number of rotatable bonds is 0. The number of allylic oxidation sites excluding steroid dienone is 4. The van der Waals surface area contributed by atoms with Crippen LogP contribution in [0.4, 0.5) is 4.39 Å². The Kier molecular flexibility index (Phi) is 1.99. The molecular weight excluding hydrogens is 195 g/mol. The fourth-order valence-corrected chi connectivity index (χ4v) is 1.14. The lowest BCUT2D eigenvalue weighted by atomic mass is 9.98. The molecule has 10 heavy (non-hydrogen) atoms. The summed E-state index contributed by atoms with van der Waals surface area (Å²) in [6.07, 6.45) is 4.33. The van der Waals surface area contributed by atoms with E-state index < -0.39 is 4.32 Å². The summed E-state index contributed by atoms with van der Waals surface area (Å²) >= 11 is 3.30. The van der Waals surface area contributed by atoms with Crippen molar-refractivity contribution in [1.82, 2.24) is 0 Å². The molecule has 1 aliphatic rings.